The summed E-state index contributed by atoms with van der Waals surface area (Å²) in [5.41, 5.74) is 7.83. The molecule has 0 aromatic heterocycles. The van der Waals surface area contributed by atoms with E-state index in [4.69, 9.17) is 17.3 Å². The summed E-state index contributed by atoms with van der Waals surface area (Å²) in [7, 11) is 0. The van der Waals surface area contributed by atoms with Crippen molar-refractivity contribution < 1.29 is 4.39 Å². The second-order valence-corrected chi connectivity index (χ2v) is 4.11. The molecule has 4 heteroatoms. The maximum atomic E-state index is 13.5. The first-order chi connectivity index (χ1) is 8.16. The molecule has 17 heavy (non-hydrogen) atoms. The van der Waals surface area contributed by atoms with E-state index in [1.165, 1.54) is 6.07 Å². The first-order valence-electron chi connectivity index (χ1n) is 5.19. The van der Waals surface area contributed by atoms with E-state index >= 15 is 0 Å². The maximum absolute atomic E-state index is 13.5. The number of halogens is 2. The van der Waals surface area contributed by atoms with E-state index in [2.05, 4.69) is 5.32 Å². The van der Waals surface area contributed by atoms with E-state index in [9.17, 15) is 4.39 Å². The van der Waals surface area contributed by atoms with Gasteiger partial charge < -0.3 is 11.1 Å². The number of anilines is 2. The Morgan fingerprint density at radius 2 is 1.94 bits per heavy atom. The fourth-order valence-electron chi connectivity index (χ4n) is 1.52. The van der Waals surface area contributed by atoms with Gasteiger partial charge >= 0.3 is 0 Å². The number of para-hydroxylation sites is 1. The Balaban J connectivity index is 2.10. The molecule has 0 atom stereocenters. The highest BCUT2D eigenvalue weighted by Gasteiger charge is 2.03. The van der Waals surface area contributed by atoms with Crippen molar-refractivity contribution in [2.45, 2.75) is 6.54 Å². The topological polar surface area (TPSA) is 38.0 Å². The fourth-order valence-corrected chi connectivity index (χ4v) is 1.68. The van der Waals surface area contributed by atoms with Crippen LogP contribution in [0.2, 0.25) is 5.02 Å². The molecule has 2 aromatic carbocycles. The van der Waals surface area contributed by atoms with Crippen molar-refractivity contribution in [3.63, 3.8) is 0 Å². The van der Waals surface area contributed by atoms with E-state index in [1.807, 2.05) is 24.3 Å². The summed E-state index contributed by atoms with van der Waals surface area (Å²) < 4.78 is 13.5. The molecule has 0 aliphatic rings. The van der Waals surface area contributed by atoms with Crippen LogP contribution in [0.15, 0.2) is 42.5 Å². The van der Waals surface area contributed by atoms with Gasteiger partial charge in [-0.15, -0.1) is 0 Å². The Morgan fingerprint density at radius 1 is 1.18 bits per heavy atom. The summed E-state index contributed by atoms with van der Waals surface area (Å²) >= 11 is 5.67. The van der Waals surface area contributed by atoms with Crippen LogP contribution in [0.1, 0.15) is 5.56 Å². The normalized spacial score (nSPS) is 10.2. The second-order valence-electron chi connectivity index (χ2n) is 3.68. The summed E-state index contributed by atoms with van der Waals surface area (Å²) in [5, 5.41) is 3.37. The molecule has 0 saturated heterocycles. The molecule has 0 unspecified atom stereocenters. The molecule has 88 valence electrons. The first kappa shape index (κ1) is 11.7. The SMILES string of the molecule is Nc1ccccc1CNc1ccc(Cl)cc1F. The van der Waals surface area contributed by atoms with Gasteiger partial charge in [0.05, 0.1) is 5.69 Å². The van der Waals surface area contributed by atoms with Gasteiger partial charge in [-0.25, -0.2) is 4.39 Å². The van der Waals surface area contributed by atoms with Crippen molar-refractivity contribution in [2.24, 2.45) is 0 Å². The average molecular weight is 251 g/mol. The molecule has 2 aromatic rings. The van der Waals surface area contributed by atoms with Gasteiger partial charge in [-0.3, -0.25) is 0 Å². The predicted molar refractivity (Wildman–Crippen MR) is 69.6 cm³/mol. The van der Waals surface area contributed by atoms with Crippen LogP contribution in [0.3, 0.4) is 0 Å². The van der Waals surface area contributed by atoms with Crippen LogP contribution >= 0.6 is 11.6 Å². The Hall–Kier alpha value is -1.74. The average Bonchev–Trinajstić information content (AvgIpc) is 2.30. The molecule has 0 radical (unpaired) electrons. The van der Waals surface area contributed by atoms with Crippen molar-refractivity contribution in [3.05, 3.63) is 58.9 Å². The number of hydrogen-bond acceptors (Lipinski definition) is 2. The van der Waals surface area contributed by atoms with E-state index < -0.39 is 0 Å². The predicted octanol–water partition coefficient (Wildman–Crippen LogP) is 3.67. The van der Waals surface area contributed by atoms with Crippen molar-refractivity contribution in [1.29, 1.82) is 0 Å². The molecule has 0 spiro atoms. The lowest BCUT2D eigenvalue weighted by Gasteiger charge is -2.09. The standard InChI is InChI=1S/C13H12ClFN2/c14-10-5-6-13(11(15)7-10)17-8-9-3-1-2-4-12(9)16/h1-7,17H,8,16H2. The van der Waals surface area contributed by atoms with Gasteiger partial charge in [-0.2, -0.15) is 0 Å². The van der Waals surface area contributed by atoms with Crippen molar-refractivity contribution in [2.75, 3.05) is 11.1 Å². The van der Waals surface area contributed by atoms with Crippen molar-refractivity contribution >= 4 is 23.0 Å². The number of nitrogens with one attached hydrogen (secondary N) is 1. The molecule has 0 amide bonds. The van der Waals surface area contributed by atoms with Crippen LogP contribution in [0.4, 0.5) is 15.8 Å². The van der Waals surface area contributed by atoms with E-state index in [0.29, 0.717) is 22.9 Å². The van der Waals surface area contributed by atoms with Crippen LogP contribution in [-0.4, -0.2) is 0 Å². The Morgan fingerprint density at radius 3 is 2.65 bits per heavy atom. The third kappa shape index (κ3) is 2.88. The highest BCUT2D eigenvalue weighted by molar-refractivity contribution is 6.30. The summed E-state index contributed by atoms with van der Waals surface area (Å²) in [4.78, 5) is 0. The largest absolute Gasteiger partial charge is 0.398 e. The van der Waals surface area contributed by atoms with Gasteiger partial charge in [-0.1, -0.05) is 29.8 Å². The second kappa shape index (κ2) is 5.06. The Kier molecular flexibility index (Phi) is 3.49. The number of benzene rings is 2. The lowest BCUT2D eigenvalue weighted by molar-refractivity contribution is 0.630. The van der Waals surface area contributed by atoms with Crippen LogP contribution in [0, 0.1) is 5.82 Å². The molecule has 0 fully saturated rings. The summed E-state index contributed by atoms with van der Waals surface area (Å²) in [6.45, 7) is 0.477. The molecular weight excluding hydrogens is 239 g/mol. The minimum absolute atomic E-state index is 0.369. The number of rotatable bonds is 3. The summed E-state index contributed by atoms with van der Waals surface area (Å²) in [6.07, 6.45) is 0. The minimum atomic E-state index is -0.369. The first-order valence-corrected chi connectivity index (χ1v) is 5.57. The van der Waals surface area contributed by atoms with Gasteiger partial charge in [-0.05, 0) is 29.8 Å². The molecule has 0 aliphatic carbocycles. The van der Waals surface area contributed by atoms with Gasteiger partial charge in [0.25, 0.3) is 0 Å². The molecule has 2 nitrogen and oxygen atoms in total. The van der Waals surface area contributed by atoms with Gasteiger partial charge in [0.2, 0.25) is 0 Å². The highest BCUT2D eigenvalue weighted by atomic mass is 35.5. The third-order valence-corrected chi connectivity index (χ3v) is 2.69. The van der Waals surface area contributed by atoms with Crippen molar-refractivity contribution in [1.82, 2.24) is 0 Å². The minimum Gasteiger partial charge on any atom is -0.398 e. The van der Waals surface area contributed by atoms with Crippen LogP contribution in [0.25, 0.3) is 0 Å². The van der Waals surface area contributed by atoms with Gasteiger partial charge in [0, 0.05) is 17.3 Å². The molecule has 0 bridgehead atoms. The summed E-state index contributed by atoms with van der Waals surface area (Å²) in [6, 6.07) is 12.0. The summed E-state index contributed by atoms with van der Waals surface area (Å²) in [5.74, 6) is -0.369. The van der Waals surface area contributed by atoms with E-state index in [0.717, 1.165) is 5.56 Å². The van der Waals surface area contributed by atoms with Crippen LogP contribution in [-0.2, 0) is 6.54 Å². The third-order valence-electron chi connectivity index (χ3n) is 2.46. The van der Waals surface area contributed by atoms with E-state index in [-0.39, 0.29) is 5.82 Å². The Bertz CT molecular complexity index is 529. The number of nitrogens with two attached hydrogens (primary N) is 1. The molecule has 0 heterocycles. The molecule has 0 aliphatic heterocycles. The van der Waals surface area contributed by atoms with Gasteiger partial charge in [0.15, 0.2) is 0 Å². The smallest absolute Gasteiger partial charge is 0.147 e. The lowest BCUT2D eigenvalue weighted by Crippen LogP contribution is -2.04. The molecule has 2 rings (SSSR count). The number of nitrogen functional groups attached to an aromatic ring is 1. The van der Waals surface area contributed by atoms with Crippen molar-refractivity contribution in [3.8, 4) is 0 Å². The zero-order valence-electron chi connectivity index (χ0n) is 9.08. The Labute approximate surface area is 104 Å². The monoisotopic (exact) mass is 250 g/mol. The van der Waals surface area contributed by atoms with Crippen LogP contribution < -0.4 is 11.1 Å². The molecular formula is C13H12ClFN2. The maximum Gasteiger partial charge on any atom is 0.147 e. The molecule has 0 saturated carbocycles. The lowest BCUT2D eigenvalue weighted by atomic mass is 10.2. The molecule has 3 N–H and O–H groups in total. The van der Waals surface area contributed by atoms with Crippen LogP contribution in [0.5, 0.6) is 0 Å². The zero-order chi connectivity index (χ0) is 12.3. The quantitative estimate of drug-likeness (QED) is 0.816. The highest BCUT2D eigenvalue weighted by Crippen LogP contribution is 2.20. The zero-order valence-corrected chi connectivity index (χ0v) is 9.84. The van der Waals surface area contributed by atoms with Gasteiger partial charge in [0.1, 0.15) is 5.82 Å². The number of hydrogen-bond donors (Lipinski definition) is 2. The van der Waals surface area contributed by atoms with E-state index in [1.54, 1.807) is 12.1 Å². The fraction of sp³-hybridized carbons (Fsp3) is 0.0769.